The average Bonchev–Trinajstić information content (AvgIpc) is 2.81. The lowest BCUT2D eigenvalue weighted by molar-refractivity contribution is -0.277. The van der Waals surface area contributed by atoms with E-state index in [4.69, 9.17) is 18.6 Å². The molecule has 5 N–H and O–H groups in total. The molecule has 1 aliphatic rings. The minimum absolute atomic E-state index is 0.00427. The maximum atomic E-state index is 12.4. The molecule has 5 atom stereocenters. The number of ether oxygens (including phenoxy) is 3. The minimum atomic E-state index is -1.60. The average molecular weight is 493 g/mol. The SMILES string of the molecule is CC(C)=CCC/C(C)=C/COc1c(O)c2ccc(OC3O[C@H](CO)[C@@H](O)[C@H](O)[C@H]3O)cc2oc1=O. The fraction of sp³-hybridized carbons (Fsp3) is 0.480. The van der Waals surface area contributed by atoms with Gasteiger partial charge in [0.2, 0.25) is 12.0 Å². The van der Waals surface area contributed by atoms with E-state index in [1.54, 1.807) is 0 Å². The van der Waals surface area contributed by atoms with Crippen LogP contribution < -0.4 is 15.1 Å². The minimum Gasteiger partial charge on any atom is -0.504 e. The van der Waals surface area contributed by atoms with Gasteiger partial charge in [0.15, 0.2) is 5.75 Å². The molecule has 1 aromatic carbocycles. The molecule has 0 spiro atoms. The van der Waals surface area contributed by atoms with Crippen LogP contribution in [0.15, 0.2) is 50.7 Å². The predicted molar refractivity (Wildman–Crippen MR) is 126 cm³/mol. The van der Waals surface area contributed by atoms with E-state index in [9.17, 15) is 30.3 Å². The Labute approximate surface area is 202 Å². The molecule has 1 aromatic heterocycles. The molecule has 2 aromatic rings. The van der Waals surface area contributed by atoms with Crippen LogP contribution >= 0.6 is 0 Å². The van der Waals surface area contributed by atoms with Crippen molar-refractivity contribution in [2.75, 3.05) is 13.2 Å². The van der Waals surface area contributed by atoms with E-state index in [-0.39, 0.29) is 34.8 Å². The van der Waals surface area contributed by atoms with Gasteiger partial charge in [-0.25, -0.2) is 4.79 Å². The largest absolute Gasteiger partial charge is 0.504 e. The number of fused-ring (bicyclic) bond motifs is 1. The fourth-order valence-electron chi connectivity index (χ4n) is 3.61. The number of benzene rings is 1. The maximum Gasteiger partial charge on any atom is 0.383 e. The van der Waals surface area contributed by atoms with Gasteiger partial charge in [0, 0.05) is 6.07 Å². The van der Waals surface area contributed by atoms with Gasteiger partial charge in [0.1, 0.15) is 42.4 Å². The topological polar surface area (TPSA) is 159 Å². The second-order valence-electron chi connectivity index (χ2n) is 8.72. The summed E-state index contributed by atoms with van der Waals surface area (Å²) in [5.74, 6) is -0.604. The zero-order valence-corrected chi connectivity index (χ0v) is 19.9. The molecule has 0 aliphatic carbocycles. The van der Waals surface area contributed by atoms with E-state index < -0.39 is 42.9 Å². The Balaban J connectivity index is 1.73. The molecule has 10 heteroatoms. The number of aromatic hydroxyl groups is 1. The van der Waals surface area contributed by atoms with Crippen LogP contribution in [-0.2, 0) is 4.74 Å². The van der Waals surface area contributed by atoms with Crippen molar-refractivity contribution in [3.63, 3.8) is 0 Å². The lowest BCUT2D eigenvalue weighted by atomic mass is 9.99. The van der Waals surface area contributed by atoms with Gasteiger partial charge in [-0.05, 0) is 51.8 Å². The third-order valence-corrected chi connectivity index (χ3v) is 5.66. The first kappa shape index (κ1) is 26.7. The Morgan fingerprint density at radius 2 is 1.83 bits per heavy atom. The highest BCUT2D eigenvalue weighted by atomic mass is 16.7. The zero-order valence-electron chi connectivity index (χ0n) is 19.9. The van der Waals surface area contributed by atoms with Crippen molar-refractivity contribution in [1.82, 2.24) is 0 Å². The fourth-order valence-corrected chi connectivity index (χ4v) is 3.61. The molecular formula is C25H32O10. The molecular weight excluding hydrogens is 460 g/mol. The first-order valence-electron chi connectivity index (χ1n) is 11.3. The normalized spacial score (nSPS) is 24.9. The Kier molecular flexibility index (Phi) is 8.92. The summed E-state index contributed by atoms with van der Waals surface area (Å²) in [6, 6.07) is 4.16. The molecule has 3 rings (SSSR count). The van der Waals surface area contributed by atoms with Crippen LogP contribution in [0.4, 0.5) is 0 Å². The summed E-state index contributed by atoms with van der Waals surface area (Å²) in [6.45, 7) is 5.52. The summed E-state index contributed by atoms with van der Waals surface area (Å²) in [6.07, 6.45) is -1.53. The smallest absolute Gasteiger partial charge is 0.383 e. The van der Waals surface area contributed by atoms with Crippen LogP contribution in [0.5, 0.6) is 17.2 Å². The van der Waals surface area contributed by atoms with Crippen molar-refractivity contribution < 1.29 is 44.2 Å². The lowest BCUT2D eigenvalue weighted by Crippen LogP contribution is -2.60. The molecule has 0 saturated carbocycles. The van der Waals surface area contributed by atoms with E-state index in [1.165, 1.54) is 23.8 Å². The Morgan fingerprint density at radius 1 is 1.09 bits per heavy atom. The van der Waals surface area contributed by atoms with Crippen molar-refractivity contribution in [3.05, 3.63) is 51.9 Å². The summed E-state index contributed by atoms with van der Waals surface area (Å²) >= 11 is 0. The molecule has 35 heavy (non-hydrogen) atoms. The van der Waals surface area contributed by atoms with Gasteiger partial charge in [0.05, 0.1) is 12.0 Å². The van der Waals surface area contributed by atoms with Crippen LogP contribution in [0.2, 0.25) is 0 Å². The lowest BCUT2D eigenvalue weighted by Gasteiger charge is -2.39. The van der Waals surface area contributed by atoms with E-state index in [0.717, 1.165) is 18.4 Å². The molecule has 2 heterocycles. The second-order valence-corrected chi connectivity index (χ2v) is 8.72. The van der Waals surface area contributed by atoms with Crippen LogP contribution in [0, 0.1) is 0 Å². The summed E-state index contributed by atoms with van der Waals surface area (Å²) in [5.41, 5.74) is 1.45. The predicted octanol–water partition coefficient (Wildman–Crippen LogP) is 1.75. The second kappa shape index (κ2) is 11.7. The van der Waals surface area contributed by atoms with Gasteiger partial charge < -0.3 is 44.2 Å². The molecule has 1 aliphatic heterocycles. The Bertz CT molecular complexity index is 1130. The highest BCUT2D eigenvalue weighted by molar-refractivity contribution is 5.86. The van der Waals surface area contributed by atoms with Crippen molar-refractivity contribution in [3.8, 4) is 17.2 Å². The van der Waals surface area contributed by atoms with Crippen molar-refractivity contribution in [2.24, 2.45) is 0 Å². The molecule has 1 saturated heterocycles. The van der Waals surface area contributed by atoms with Crippen LogP contribution in [0.1, 0.15) is 33.6 Å². The van der Waals surface area contributed by atoms with Crippen molar-refractivity contribution in [2.45, 2.75) is 64.3 Å². The molecule has 192 valence electrons. The molecule has 10 nitrogen and oxygen atoms in total. The van der Waals surface area contributed by atoms with E-state index in [2.05, 4.69) is 6.08 Å². The van der Waals surface area contributed by atoms with Crippen LogP contribution in [-0.4, -0.2) is 69.5 Å². The summed E-state index contributed by atoms with van der Waals surface area (Å²) < 4.78 is 21.6. The number of aliphatic hydroxyl groups excluding tert-OH is 4. The molecule has 0 radical (unpaired) electrons. The van der Waals surface area contributed by atoms with Gasteiger partial charge in [0.25, 0.3) is 0 Å². The Hall–Kier alpha value is -2.89. The van der Waals surface area contributed by atoms with E-state index >= 15 is 0 Å². The van der Waals surface area contributed by atoms with Crippen LogP contribution in [0.3, 0.4) is 0 Å². The van der Waals surface area contributed by atoms with Gasteiger partial charge in [-0.2, -0.15) is 0 Å². The summed E-state index contributed by atoms with van der Waals surface area (Å²) in [7, 11) is 0. The number of hydrogen-bond donors (Lipinski definition) is 5. The summed E-state index contributed by atoms with van der Waals surface area (Å²) in [4.78, 5) is 12.4. The third-order valence-electron chi connectivity index (χ3n) is 5.66. The monoisotopic (exact) mass is 492 g/mol. The van der Waals surface area contributed by atoms with Gasteiger partial charge >= 0.3 is 5.63 Å². The van der Waals surface area contributed by atoms with Gasteiger partial charge in [-0.1, -0.05) is 17.2 Å². The number of hydrogen-bond acceptors (Lipinski definition) is 10. The standard InChI is InChI=1S/C25H32O10/c1-13(2)5-4-6-14(3)9-10-32-23-19(27)16-8-7-15(11-17(16)34-24(23)31)33-25-22(30)21(29)20(28)18(12-26)35-25/h5,7-9,11,18,20-22,25-30H,4,6,10,12H2,1-3H3/b14-9+/t18-,20-,21+,22-,25?/m1/s1. The highest BCUT2D eigenvalue weighted by Gasteiger charge is 2.44. The molecule has 0 amide bonds. The van der Waals surface area contributed by atoms with Crippen LogP contribution in [0.25, 0.3) is 11.0 Å². The van der Waals surface area contributed by atoms with Crippen molar-refractivity contribution >= 4 is 11.0 Å². The Morgan fingerprint density at radius 3 is 2.51 bits per heavy atom. The summed E-state index contributed by atoms with van der Waals surface area (Å²) in [5, 5.41) is 50.0. The number of rotatable bonds is 9. The molecule has 1 fully saturated rings. The zero-order chi connectivity index (χ0) is 25.7. The van der Waals surface area contributed by atoms with Crippen molar-refractivity contribution in [1.29, 1.82) is 0 Å². The molecule has 1 unspecified atom stereocenters. The first-order chi connectivity index (χ1) is 16.6. The van der Waals surface area contributed by atoms with E-state index in [1.807, 2.05) is 26.8 Å². The van der Waals surface area contributed by atoms with Gasteiger partial charge in [-0.15, -0.1) is 0 Å². The first-order valence-corrected chi connectivity index (χ1v) is 11.3. The molecule has 0 bridgehead atoms. The quantitative estimate of drug-likeness (QED) is 0.258. The van der Waals surface area contributed by atoms with Gasteiger partial charge in [-0.3, -0.25) is 0 Å². The number of allylic oxidation sites excluding steroid dienone is 3. The van der Waals surface area contributed by atoms with E-state index in [0.29, 0.717) is 0 Å². The number of aliphatic hydroxyl groups is 4. The highest BCUT2D eigenvalue weighted by Crippen LogP contribution is 2.34. The maximum absolute atomic E-state index is 12.4. The third kappa shape index (κ3) is 6.41.